The summed E-state index contributed by atoms with van der Waals surface area (Å²) in [5, 5.41) is 20.8. The molecule has 1 aromatic heterocycles. The van der Waals surface area contributed by atoms with Crippen LogP contribution >= 0.6 is 0 Å². The molecule has 0 fully saturated rings. The van der Waals surface area contributed by atoms with Crippen LogP contribution in [0.1, 0.15) is 23.6 Å². The molecule has 6 nitrogen and oxygen atoms in total. The lowest BCUT2D eigenvalue weighted by Gasteiger charge is -2.10. The largest absolute Gasteiger partial charge is 0.439 e. The van der Waals surface area contributed by atoms with Crippen molar-refractivity contribution in [2.24, 2.45) is 0 Å². The number of aromatic nitrogens is 2. The van der Waals surface area contributed by atoms with E-state index in [4.69, 9.17) is 15.3 Å². The topological polar surface area (TPSA) is 94.6 Å². The van der Waals surface area contributed by atoms with Crippen molar-refractivity contribution in [3.63, 3.8) is 0 Å². The molecule has 6 heteroatoms. The Morgan fingerprint density at radius 2 is 1.89 bits per heavy atom. The van der Waals surface area contributed by atoms with Crippen molar-refractivity contribution in [2.45, 2.75) is 13.8 Å². The first-order chi connectivity index (χ1) is 13.6. The number of rotatable bonds is 5. The SMILES string of the molecule is C/C(C#N)=C\c1ccc(Oc2ccnc(Nc3ccc(C#N)cc3)n2)c(C)c1. The molecule has 0 aliphatic heterocycles. The fraction of sp³-hybridized carbons (Fsp3) is 0.0909. The number of nitrogens with one attached hydrogen (secondary N) is 1. The maximum atomic E-state index is 8.90. The van der Waals surface area contributed by atoms with Gasteiger partial charge in [-0.3, -0.25) is 0 Å². The van der Waals surface area contributed by atoms with Gasteiger partial charge in [-0.15, -0.1) is 0 Å². The van der Waals surface area contributed by atoms with E-state index in [-0.39, 0.29) is 0 Å². The first kappa shape index (κ1) is 18.6. The Hall–Kier alpha value is -4.16. The van der Waals surface area contributed by atoms with Gasteiger partial charge in [0.15, 0.2) is 0 Å². The molecule has 3 aromatic rings. The lowest BCUT2D eigenvalue weighted by atomic mass is 10.1. The number of nitrogens with zero attached hydrogens (tertiary/aromatic N) is 4. The van der Waals surface area contributed by atoms with E-state index in [2.05, 4.69) is 27.4 Å². The molecule has 0 saturated heterocycles. The molecule has 0 unspecified atom stereocenters. The van der Waals surface area contributed by atoms with Gasteiger partial charge in [-0.05, 0) is 67.4 Å². The third kappa shape index (κ3) is 4.72. The third-order valence-corrected chi connectivity index (χ3v) is 3.87. The number of anilines is 2. The van der Waals surface area contributed by atoms with E-state index >= 15 is 0 Å². The maximum Gasteiger partial charge on any atom is 0.230 e. The Bertz CT molecular complexity index is 1110. The van der Waals surface area contributed by atoms with Gasteiger partial charge in [0.25, 0.3) is 0 Å². The summed E-state index contributed by atoms with van der Waals surface area (Å²) in [6, 6.07) is 18.6. The van der Waals surface area contributed by atoms with Crippen LogP contribution in [0.4, 0.5) is 11.6 Å². The van der Waals surface area contributed by atoms with Gasteiger partial charge in [0.1, 0.15) is 5.75 Å². The molecule has 1 N–H and O–H groups in total. The monoisotopic (exact) mass is 367 g/mol. The van der Waals surface area contributed by atoms with Gasteiger partial charge < -0.3 is 10.1 Å². The summed E-state index contributed by atoms with van der Waals surface area (Å²) in [5.74, 6) is 1.48. The highest BCUT2D eigenvalue weighted by Crippen LogP contribution is 2.26. The zero-order valence-corrected chi connectivity index (χ0v) is 15.5. The van der Waals surface area contributed by atoms with E-state index in [0.717, 1.165) is 16.8 Å². The highest BCUT2D eigenvalue weighted by Gasteiger charge is 2.06. The molecule has 28 heavy (non-hydrogen) atoms. The van der Waals surface area contributed by atoms with Gasteiger partial charge in [0, 0.05) is 23.5 Å². The van der Waals surface area contributed by atoms with Gasteiger partial charge in [0.05, 0.1) is 17.7 Å². The normalized spacial score (nSPS) is 10.6. The highest BCUT2D eigenvalue weighted by atomic mass is 16.5. The van der Waals surface area contributed by atoms with Crippen molar-refractivity contribution in [3.8, 4) is 23.8 Å². The predicted molar refractivity (Wildman–Crippen MR) is 107 cm³/mol. The molecule has 0 aliphatic rings. The molecule has 0 bridgehead atoms. The van der Waals surface area contributed by atoms with Gasteiger partial charge in [0.2, 0.25) is 11.8 Å². The van der Waals surface area contributed by atoms with Crippen molar-refractivity contribution < 1.29 is 4.74 Å². The zero-order valence-electron chi connectivity index (χ0n) is 15.5. The minimum atomic E-state index is 0.393. The average Bonchev–Trinajstić information content (AvgIpc) is 2.71. The van der Waals surface area contributed by atoms with Crippen molar-refractivity contribution in [3.05, 3.63) is 77.0 Å². The first-order valence-corrected chi connectivity index (χ1v) is 8.54. The van der Waals surface area contributed by atoms with Crippen LogP contribution in [0.25, 0.3) is 6.08 Å². The van der Waals surface area contributed by atoms with Crippen molar-refractivity contribution in [1.29, 1.82) is 10.5 Å². The maximum absolute atomic E-state index is 8.90. The minimum Gasteiger partial charge on any atom is -0.439 e. The number of hydrogen-bond donors (Lipinski definition) is 1. The fourth-order valence-electron chi connectivity index (χ4n) is 2.49. The summed E-state index contributed by atoms with van der Waals surface area (Å²) >= 11 is 0. The second-order valence-corrected chi connectivity index (χ2v) is 6.10. The second-order valence-electron chi connectivity index (χ2n) is 6.10. The smallest absolute Gasteiger partial charge is 0.230 e. The van der Waals surface area contributed by atoms with Gasteiger partial charge in [-0.2, -0.15) is 15.5 Å². The number of ether oxygens (including phenoxy) is 1. The number of hydrogen-bond acceptors (Lipinski definition) is 6. The Kier molecular flexibility index (Phi) is 5.64. The van der Waals surface area contributed by atoms with Crippen LogP contribution in [0.5, 0.6) is 11.6 Å². The molecule has 0 amide bonds. The molecule has 0 spiro atoms. The van der Waals surface area contributed by atoms with Crippen molar-refractivity contribution in [2.75, 3.05) is 5.32 Å². The number of benzene rings is 2. The van der Waals surface area contributed by atoms with Gasteiger partial charge >= 0.3 is 0 Å². The Morgan fingerprint density at radius 3 is 2.57 bits per heavy atom. The summed E-state index contributed by atoms with van der Waals surface area (Å²) in [6.45, 7) is 3.70. The van der Waals surface area contributed by atoms with E-state index in [1.807, 2.05) is 31.2 Å². The van der Waals surface area contributed by atoms with Crippen LogP contribution in [0.3, 0.4) is 0 Å². The Labute approximate surface area is 163 Å². The van der Waals surface area contributed by atoms with Crippen LogP contribution in [-0.4, -0.2) is 9.97 Å². The Balaban J connectivity index is 1.75. The summed E-state index contributed by atoms with van der Waals surface area (Å²) in [5.41, 5.74) is 3.87. The molecular weight excluding hydrogens is 350 g/mol. The second kappa shape index (κ2) is 8.48. The zero-order chi connectivity index (χ0) is 19.9. The van der Waals surface area contributed by atoms with Crippen molar-refractivity contribution in [1.82, 2.24) is 9.97 Å². The summed E-state index contributed by atoms with van der Waals surface area (Å²) in [4.78, 5) is 8.56. The Morgan fingerprint density at radius 1 is 1.11 bits per heavy atom. The van der Waals surface area contributed by atoms with E-state index in [1.54, 1.807) is 43.5 Å². The van der Waals surface area contributed by atoms with Gasteiger partial charge in [-0.1, -0.05) is 6.07 Å². The van der Waals surface area contributed by atoms with E-state index < -0.39 is 0 Å². The molecule has 0 saturated carbocycles. The van der Waals surface area contributed by atoms with E-state index in [1.165, 1.54) is 0 Å². The first-order valence-electron chi connectivity index (χ1n) is 8.54. The minimum absolute atomic E-state index is 0.393. The predicted octanol–water partition coefficient (Wildman–Crippen LogP) is 5.12. The van der Waals surface area contributed by atoms with Crippen LogP contribution in [0.15, 0.2) is 60.3 Å². The summed E-state index contributed by atoms with van der Waals surface area (Å²) in [6.07, 6.45) is 3.43. The van der Waals surface area contributed by atoms with E-state index in [9.17, 15) is 0 Å². The van der Waals surface area contributed by atoms with Crippen LogP contribution in [0.2, 0.25) is 0 Å². The standard InChI is InChI=1S/C22H17N5O/c1-15(13-23)11-18-5-8-20(16(2)12-18)28-21-9-10-25-22(27-21)26-19-6-3-17(14-24)4-7-19/h3-12H,1-2H3,(H,25,26,27)/b15-11+. The molecule has 3 rings (SSSR count). The number of allylic oxidation sites excluding steroid dienone is 1. The summed E-state index contributed by atoms with van der Waals surface area (Å²) < 4.78 is 5.89. The van der Waals surface area contributed by atoms with Crippen LogP contribution in [-0.2, 0) is 0 Å². The molecular formula is C22H17N5O. The number of aryl methyl sites for hydroxylation is 1. The van der Waals surface area contributed by atoms with Gasteiger partial charge in [-0.25, -0.2) is 4.98 Å². The fourth-order valence-corrected chi connectivity index (χ4v) is 2.49. The quantitative estimate of drug-likeness (QED) is 0.629. The molecule has 2 aromatic carbocycles. The van der Waals surface area contributed by atoms with E-state index in [0.29, 0.717) is 28.7 Å². The lowest BCUT2D eigenvalue weighted by molar-refractivity contribution is 0.459. The lowest BCUT2D eigenvalue weighted by Crippen LogP contribution is -1.98. The number of nitriles is 2. The third-order valence-electron chi connectivity index (χ3n) is 3.87. The van der Waals surface area contributed by atoms with Crippen LogP contribution < -0.4 is 10.1 Å². The highest BCUT2D eigenvalue weighted by molar-refractivity contribution is 5.59. The van der Waals surface area contributed by atoms with Crippen molar-refractivity contribution >= 4 is 17.7 Å². The molecule has 1 heterocycles. The molecule has 0 atom stereocenters. The average molecular weight is 367 g/mol. The van der Waals surface area contributed by atoms with Crippen LogP contribution in [0, 0.1) is 29.6 Å². The molecule has 0 aliphatic carbocycles. The summed E-state index contributed by atoms with van der Waals surface area (Å²) in [7, 11) is 0. The molecule has 0 radical (unpaired) electrons. The molecule has 136 valence electrons.